The Balaban J connectivity index is 1.73. The summed E-state index contributed by atoms with van der Waals surface area (Å²) in [5.74, 6) is 0.299. The normalized spacial score (nSPS) is 10.1. The lowest BCUT2D eigenvalue weighted by Crippen LogP contribution is -2.14. The number of carbonyl (C=O) groups is 1. The molecule has 0 fully saturated rings. The third-order valence-electron chi connectivity index (χ3n) is 3.26. The van der Waals surface area contributed by atoms with Gasteiger partial charge in [0.2, 0.25) is 0 Å². The summed E-state index contributed by atoms with van der Waals surface area (Å²) in [4.78, 5) is 20.4. The molecule has 5 heteroatoms. The first-order valence-electron chi connectivity index (χ1n) is 7.23. The molecule has 0 saturated heterocycles. The molecular weight excluding hydrogens is 288 g/mol. The molecule has 1 amide bonds. The van der Waals surface area contributed by atoms with E-state index in [1.807, 2.05) is 61.5 Å². The van der Waals surface area contributed by atoms with Gasteiger partial charge in [-0.2, -0.15) is 0 Å². The highest BCUT2D eigenvalue weighted by Gasteiger charge is 2.09. The van der Waals surface area contributed by atoms with Gasteiger partial charge in [0.1, 0.15) is 17.8 Å². The zero-order chi connectivity index (χ0) is 16.1. The number of benzene rings is 2. The van der Waals surface area contributed by atoms with Crippen molar-refractivity contribution in [1.82, 2.24) is 9.97 Å². The van der Waals surface area contributed by atoms with E-state index in [9.17, 15) is 4.79 Å². The van der Waals surface area contributed by atoms with E-state index in [0.29, 0.717) is 11.5 Å². The highest BCUT2D eigenvalue weighted by Crippen LogP contribution is 2.15. The smallest absolute Gasteiger partial charge is 0.274 e. The van der Waals surface area contributed by atoms with Gasteiger partial charge >= 0.3 is 0 Å². The third kappa shape index (κ3) is 3.91. The molecule has 2 aromatic carbocycles. The fourth-order valence-corrected chi connectivity index (χ4v) is 2.05. The molecule has 23 heavy (non-hydrogen) atoms. The number of anilines is 3. The second-order valence-corrected chi connectivity index (χ2v) is 5.10. The van der Waals surface area contributed by atoms with E-state index in [-0.39, 0.29) is 5.91 Å². The van der Waals surface area contributed by atoms with Crippen LogP contribution in [0.4, 0.5) is 17.2 Å². The van der Waals surface area contributed by atoms with E-state index in [4.69, 9.17) is 0 Å². The van der Waals surface area contributed by atoms with Gasteiger partial charge < -0.3 is 10.6 Å². The van der Waals surface area contributed by atoms with Crippen molar-refractivity contribution < 1.29 is 4.79 Å². The van der Waals surface area contributed by atoms with Crippen LogP contribution in [-0.4, -0.2) is 15.9 Å². The van der Waals surface area contributed by atoms with Crippen molar-refractivity contribution in [1.29, 1.82) is 0 Å². The van der Waals surface area contributed by atoms with Gasteiger partial charge in [-0.25, -0.2) is 9.97 Å². The van der Waals surface area contributed by atoms with Crippen LogP contribution in [0.3, 0.4) is 0 Å². The first-order valence-corrected chi connectivity index (χ1v) is 7.23. The van der Waals surface area contributed by atoms with Crippen LogP contribution >= 0.6 is 0 Å². The van der Waals surface area contributed by atoms with Crippen LogP contribution in [0, 0.1) is 6.92 Å². The number of carbonyl (C=O) groups excluding carboxylic acids is 1. The fourth-order valence-electron chi connectivity index (χ4n) is 2.05. The van der Waals surface area contributed by atoms with E-state index in [1.54, 1.807) is 6.07 Å². The molecule has 1 heterocycles. The summed E-state index contributed by atoms with van der Waals surface area (Å²) in [6.07, 6.45) is 1.37. The minimum absolute atomic E-state index is 0.271. The van der Waals surface area contributed by atoms with Gasteiger partial charge in [-0.15, -0.1) is 0 Å². The van der Waals surface area contributed by atoms with Crippen molar-refractivity contribution in [2.75, 3.05) is 10.6 Å². The van der Waals surface area contributed by atoms with Gasteiger partial charge in [-0.05, 0) is 31.2 Å². The van der Waals surface area contributed by atoms with Crippen LogP contribution in [0.5, 0.6) is 0 Å². The molecule has 0 saturated carbocycles. The maximum Gasteiger partial charge on any atom is 0.274 e. The van der Waals surface area contributed by atoms with Gasteiger partial charge in [-0.1, -0.05) is 35.9 Å². The van der Waals surface area contributed by atoms with Crippen LogP contribution in [0.15, 0.2) is 67.0 Å². The van der Waals surface area contributed by atoms with Crippen LogP contribution in [0.2, 0.25) is 0 Å². The molecule has 0 unspecified atom stereocenters. The first kappa shape index (κ1) is 14.7. The van der Waals surface area contributed by atoms with Crippen molar-refractivity contribution in [2.45, 2.75) is 6.92 Å². The molecule has 2 N–H and O–H groups in total. The molecule has 3 aromatic rings. The molecule has 0 aliphatic heterocycles. The number of aromatic nitrogens is 2. The molecule has 0 radical (unpaired) electrons. The predicted molar refractivity (Wildman–Crippen MR) is 90.9 cm³/mol. The van der Waals surface area contributed by atoms with E-state index < -0.39 is 0 Å². The van der Waals surface area contributed by atoms with E-state index in [0.717, 1.165) is 16.9 Å². The Labute approximate surface area is 134 Å². The minimum Gasteiger partial charge on any atom is -0.340 e. The molecule has 114 valence electrons. The first-order chi connectivity index (χ1) is 11.2. The van der Waals surface area contributed by atoms with E-state index in [2.05, 4.69) is 20.6 Å². The Morgan fingerprint density at radius 2 is 1.65 bits per heavy atom. The van der Waals surface area contributed by atoms with Crippen LogP contribution in [-0.2, 0) is 0 Å². The van der Waals surface area contributed by atoms with Crippen molar-refractivity contribution >= 4 is 23.1 Å². The van der Waals surface area contributed by atoms with Crippen molar-refractivity contribution in [3.8, 4) is 0 Å². The summed E-state index contributed by atoms with van der Waals surface area (Å²) in [7, 11) is 0. The third-order valence-corrected chi connectivity index (χ3v) is 3.26. The summed E-state index contributed by atoms with van der Waals surface area (Å²) in [6, 6.07) is 18.9. The number of aryl methyl sites for hydroxylation is 1. The molecule has 3 rings (SSSR count). The molecule has 5 nitrogen and oxygen atoms in total. The minimum atomic E-state index is -0.271. The van der Waals surface area contributed by atoms with E-state index in [1.165, 1.54) is 6.33 Å². The molecular formula is C18H16N4O. The monoisotopic (exact) mass is 304 g/mol. The largest absolute Gasteiger partial charge is 0.340 e. The Kier molecular flexibility index (Phi) is 4.29. The number of rotatable bonds is 4. The molecule has 1 aromatic heterocycles. The van der Waals surface area contributed by atoms with Gasteiger partial charge in [-0.3, -0.25) is 4.79 Å². The molecule has 0 bridgehead atoms. The summed E-state index contributed by atoms with van der Waals surface area (Å²) in [6.45, 7) is 2.00. The van der Waals surface area contributed by atoms with Gasteiger partial charge in [0.25, 0.3) is 5.91 Å². The number of hydrogen-bond acceptors (Lipinski definition) is 4. The van der Waals surface area contributed by atoms with Gasteiger partial charge in [0.05, 0.1) is 0 Å². The zero-order valence-electron chi connectivity index (χ0n) is 12.7. The Hall–Kier alpha value is -3.21. The lowest BCUT2D eigenvalue weighted by Gasteiger charge is -2.08. The highest BCUT2D eigenvalue weighted by molar-refractivity contribution is 6.03. The summed E-state index contributed by atoms with van der Waals surface area (Å²) < 4.78 is 0. The van der Waals surface area contributed by atoms with Gasteiger partial charge in [0, 0.05) is 17.4 Å². The van der Waals surface area contributed by atoms with Crippen molar-refractivity contribution in [3.05, 3.63) is 78.2 Å². The van der Waals surface area contributed by atoms with Crippen molar-refractivity contribution in [3.63, 3.8) is 0 Å². The number of nitrogens with one attached hydrogen (secondary N) is 2. The van der Waals surface area contributed by atoms with Crippen molar-refractivity contribution in [2.24, 2.45) is 0 Å². The highest BCUT2D eigenvalue weighted by atomic mass is 16.1. The molecule has 0 aliphatic carbocycles. The lowest BCUT2D eigenvalue weighted by atomic mass is 10.2. The van der Waals surface area contributed by atoms with Crippen LogP contribution in [0.1, 0.15) is 16.1 Å². The summed E-state index contributed by atoms with van der Waals surface area (Å²) in [5.41, 5.74) is 3.08. The SMILES string of the molecule is Cc1ccc(NC(=O)c2cc(Nc3ccccc3)ncn2)cc1. The number of para-hydroxylation sites is 1. The second-order valence-electron chi connectivity index (χ2n) is 5.10. The maximum absolute atomic E-state index is 12.3. The maximum atomic E-state index is 12.3. The number of amides is 1. The topological polar surface area (TPSA) is 66.9 Å². The average molecular weight is 304 g/mol. The Morgan fingerprint density at radius 3 is 2.39 bits per heavy atom. The number of nitrogens with zero attached hydrogens (tertiary/aromatic N) is 2. The predicted octanol–water partition coefficient (Wildman–Crippen LogP) is 3.78. The Bertz CT molecular complexity index is 801. The fraction of sp³-hybridized carbons (Fsp3) is 0.0556. The molecule has 0 atom stereocenters. The standard InChI is InChI=1S/C18H16N4O/c1-13-7-9-15(10-8-13)22-18(23)16-11-17(20-12-19-16)21-14-5-3-2-4-6-14/h2-12H,1H3,(H,22,23)(H,19,20,21). The van der Waals surface area contributed by atoms with Crippen LogP contribution in [0.25, 0.3) is 0 Å². The lowest BCUT2D eigenvalue weighted by molar-refractivity contribution is 0.102. The molecule has 0 spiro atoms. The molecule has 0 aliphatic rings. The summed E-state index contributed by atoms with van der Waals surface area (Å²) in [5, 5.41) is 5.96. The second kappa shape index (κ2) is 6.70. The number of hydrogen-bond donors (Lipinski definition) is 2. The zero-order valence-corrected chi connectivity index (χ0v) is 12.7. The van der Waals surface area contributed by atoms with Crippen LogP contribution < -0.4 is 10.6 Å². The van der Waals surface area contributed by atoms with Gasteiger partial charge in [0.15, 0.2) is 0 Å². The summed E-state index contributed by atoms with van der Waals surface area (Å²) >= 11 is 0. The Morgan fingerprint density at radius 1 is 0.913 bits per heavy atom. The average Bonchev–Trinajstić information content (AvgIpc) is 2.58. The quantitative estimate of drug-likeness (QED) is 0.769. The van der Waals surface area contributed by atoms with E-state index >= 15 is 0 Å².